The Morgan fingerprint density at radius 1 is 0.696 bits per heavy atom. The zero-order valence-corrected chi connectivity index (χ0v) is 34.7. The van der Waals surface area contributed by atoms with Crippen LogP contribution in [0.5, 0.6) is 0 Å². The molecule has 0 saturated heterocycles. The van der Waals surface area contributed by atoms with Crippen LogP contribution in [-0.4, -0.2) is 3.21 Å². The van der Waals surface area contributed by atoms with E-state index in [1.807, 2.05) is 12.2 Å². The zero-order valence-electron chi connectivity index (χ0n) is 27.5. The molecule has 1 aliphatic carbocycles. The van der Waals surface area contributed by atoms with E-state index in [-0.39, 0.29) is 35.6 Å². The van der Waals surface area contributed by atoms with Crippen molar-refractivity contribution in [1.29, 1.82) is 0 Å². The van der Waals surface area contributed by atoms with Gasteiger partial charge in [0.2, 0.25) is 0 Å². The maximum Gasteiger partial charge on any atom is -0.0145 e. The number of hydrogen-bond donors (Lipinski definition) is 0. The molecule has 0 fully saturated rings. The van der Waals surface area contributed by atoms with Gasteiger partial charge in [-0.2, -0.15) is 6.08 Å². The van der Waals surface area contributed by atoms with Gasteiger partial charge in [0, 0.05) is 0 Å². The van der Waals surface area contributed by atoms with Crippen LogP contribution in [-0.2, 0) is 47.9 Å². The molecule has 5 heteroatoms. The summed E-state index contributed by atoms with van der Waals surface area (Å²) in [6.45, 7) is 13.7. The second-order valence-electron chi connectivity index (χ2n) is 13.5. The molecule has 0 heterocycles. The van der Waals surface area contributed by atoms with Crippen molar-refractivity contribution in [2.75, 3.05) is 0 Å². The Bertz CT molecular complexity index is 1670. The molecule has 5 aromatic rings. The van der Waals surface area contributed by atoms with Gasteiger partial charge in [0.1, 0.15) is 0 Å². The van der Waals surface area contributed by atoms with Gasteiger partial charge in [-0.05, 0) is 10.8 Å². The topological polar surface area (TPSA) is 0 Å². The first-order valence-electron chi connectivity index (χ1n) is 15.2. The van der Waals surface area contributed by atoms with Crippen molar-refractivity contribution in [3.63, 3.8) is 0 Å². The fourth-order valence-corrected chi connectivity index (χ4v) is 7.02. The second-order valence-corrected chi connectivity index (χ2v) is 17.0. The largest absolute Gasteiger partial charge is 1.00 e. The first-order chi connectivity index (χ1) is 20.8. The van der Waals surface area contributed by atoms with Gasteiger partial charge >= 0.3 is 141 Å². The summed E-state index contributed by atoms with van der Waals surface area (Å²) in [6, 6.07) is 33.3. The Hall–Kier alpha value is -1.48. The summed E-state index contributed by atoms with van der Waals surface area (Å²) in [7, 11) is 0. The number of fused-ring (bicyclic) bond motifs is 3. The Morgan fingerprint density at radius 2 is 1.15 bits per heavy atom. The van der Waals surface area contributed by atoms with Gasteiger partial charge in [-0.3, -0.25) is 6.08 Å². The summed E-state index contributed by atoms with van der Waals surface area (Å²) in [5.41, 5.74) is 5.96. The van der Waals surface area contributed by atoms with Gasteiger partial charge in [0.05, 0.1) is 0 Å². The molecular weight excluding hydrogens is 814 g/mol. The molecule has 0 bridgehead atoms. The Balaban J connectivity index is 0.000000270. The third kappa shape index (κ3) is 12.2. The smallest absolute Gasteiger partial charge is 0.0145 e. The SMILES string of the molecule is Brc1cccc(C[C](=[Zr+2])Cc2cccc(Br)c2)c1.CC(C)(C)c1ccc2[cH-]c3ccc(C(C)(C)C)cc3c2c1.[C-]1=CC=CC1.[Cl-].[Cl-]. The van der Waals surface area contributed by atoms with Gasteiger partial charge in [0.25, 0.3) is 0 Å². The van der Waals surface area contributed by atoms with E-state index in [0.29, 0.717) is 0 Å². The monoisotopic (exact) mass is 852 g/mol. The van der Waals surface area contributed by atoms with Gasteiger partial charge < -0.3 is 24.8 Å². The molecule has 0 saturated carbocycles. The normalized spacial score (nSPS) is 12.0. The van der Waals surface area contributed by atoms with E-state index in [1.165, 1.54) is 68.0 Å². The minimum Gasteiger partial charge on any atom is -1.00 e. The molecule has 0 unspecified atom stereocenters. The van der Waals surface area contributed by atoms with Crippen LogP contribution in [0.25, 0.3) is 21.5 Å². The molecular formula is C41H42Br2Cl2Zr-2. The molecule has 0 amide bonds. The van der Waals surface area contributed by atoms with E-state index in [1.54, 1.807) is 3.21 Å². The molecule has 6 rings (SSSR count). The standard InChI is InChI=1S/C21H25.C15H12Br2.C5H5.2ClH.Zr/c1-20(2,3)16-9-7-14-11-15-8-10-17(21(4,5)6)13-19(15)18(14)12-16;16-14-8-2-6-12(10-14)4-1-5-13-7-3-9-15(17)11-13;1-2-4-5-3-1;;;/h7-13H,1-6H3;2-3,6-11H,4-5H2;1-3H,4H2;2*1H;/q-1;;-1;;;+2/p-2. The molecule has 0 nitrogen and oxygen atoms in total. The summed E-state index contributed by atoms with van der Waals surface area (Å²) >= 11 is 8.56. The van der Waals surface area contributed by atoms with E-state index < -0.39 is 0 Å². The minimum atomic E-state index is 0. The molecule has 240 valence electrons. The van der Waals surface area contributed by atoms with Crippen LogP contribution in [0.1, 0.15) is 70.2 Å². The number of benzene rings is 4. The maximum absolute atomic E-state index is 3.52. The van der Waals surface area contributed by atoms with Gasteiger partial charge in [-0.1, -0.05) is 76.9 Å². The fraction of sp³-hybridized carbons (Fsp3) is 0.268. The molecule has 0 atom stereocenters. The van der Waals surface area contributed by atoms with Crippen LogP contribution in [0.2, 0.25) is 0 Å². The number of allylic oxidation sites excluding steroid dienone is 4. The maximum atomic E-state index is 3.52. The third-order valence-corrected chi connectivity index (χ3v) is 9.49. The van der Waals surface area contributed by atoms with E-state index in [2.05, 4.69) is 177 Å². The van der Waals surface area contributed by atoms with Crippen LogP contribution in [0.3, 0.4) is 0 Å². The summed E-state index contributed by atoms with van der Waals surface area (Å²) in [4.78, 5) is 0. The minimum absolute atomic E-state index is 0. The first-order valence-corrected chi connectivity index (χ1v) is 18.0. The van der Waals surface area contributed by atoms with Gasteiger partial charge in [-0.25, -0.2) is 12.2 Å². The van der Waals surface area contributed by atoms with E-state index in [4.69, 9.17) is 0 Å². The van der Waals surface area contributed by atoms with Crippen LogP contribution in [0, 0.1) is 6.08 Å². The van der Waals surface area contributed by atoms with Crippen molar-refractivity contribution in [3.8, 4) is 0 Å². The molecule has 5 aromatic carbocycles. The molecule has 0 aliphatic heterocycles. The Labute approximate surface area is 320 Å². The molecule has 0 N–H and O–H groups in total. The van der Waals surface area contributed by atoms with E-state index in [0.717, 1.165) is 28.2 Å². The predicted molar refractivity (Wildman–Crippen MR) is 197 cm³/mol. The Kier molecular flexibility index (Phi) is 16.2. The number of halogens is 4. The van der Waals surface area contributed by atoms with Crippen LogP contribution in [0.15, 0.2) is 118 Å². The van der Waals surface area contributed by atoms with Crippen LogP contribution >= 0.6 is 31.9 Å². The molecule has 46 heavy (non-hydrogen) atoms. The van der Waals surface area contributed by atoms with E-state index >= 15 is 0 Å². The van der Waals surface area contributed by atoms with Crippen LogP contribution in [0.4, 0.5) is 0 Å². The quantitative estimate of drug-likeness (QED) is 0.186. The van der Waals surface area contributed by atoms with E-state index in [9.17, 15) is 0 Å². The van der Waals surface area contributed by atoms with Crippen LogP contribution < -0.4 is 24.8 Å². The molecule has 1 aliphatic rings. The molecule has 0 spiro atoms. The first kappa shape index (κ1) is 40.7. The summed E-state index contributed by atoms with van der Waals surface area (Å²) in [5.74, 6) is 0. The summed E-state index contributed by atoms with van der Waals surface area (Å²) in [5, 5.41) is 5.49. The predicted octanol–water partition coefficient (Wildman–Crippen LogP) is 6.34. The number of hydrogen-bond acceptors (Lipinski definition) is 0. The van der Waals surface area contributed by atoms with Crippen molar-refractivity contribution in [2.45, 2.75) is 71.6 Å². The average molecular weight is 857 g/mol. The van der Waals surface area contributed by atoms with Crippen molar-refractivity contribution in [2.24, 2.45) is 0 Å². The zero-order chi connectivity index (χ0) is 31.9. The number of rotatable bonds is 4. The summed E-state index contributed by atoms with van der Waals surface area (Å²) in [6.07, 6.45) is 12.1. The molecule has 0 radical (unpaired) electrons. The van der Waals surface area contributed by atoms with Crippen molar-refractivity contribution in [1.82, 2.24) is 0 Å². The van der Waals surface area contributed by atoms with Crippen molar-refractivity contribution >= 4 is 56.6 Å². The van der Waals surface area contributed by atoms with Gasteiger partial charge in [0.15, 0.2) is 0 Å². The fourth-order valence-electron chi connectivity index (χ4n) is 5.12. The van der Waals surface area contributed by atoms with Crippen molar-refractivity contribution in [3.05, 3.63) is 146 Å². The molecule has 0 aromatic heterocycles. The van der Waals surface area contributed by atoms with Crippen molar-refractivity contribution < 1.29 is 49.0 Å². The summed E-state index contributed by atoms with van der Waals surface area (Å²) < 4.78 is 3.88. The van der Waals surface area contributed by atoms with Gasteiger partial charge in [-0.15, -0.1) is 46.2 Å². The third-order valence-electron chi connectivity index (χ3n) is 7.64. The Morgan fingerprint density at radius 3 is 1.48 bits per heavy atom. The second kappa shape index (κ2) is 18.3. The average Bonchev–Trinajstić information content (AvgIpc) is 3.64.